The molecule has 1 aromatic rings. The Morgan fingerprint density at radius 2 is 2.44 bits per heavy atom. The number of nitrogens with zero attached hydrogens (tertiary/aromatic N) is 3. The molecule has 0 saturated carbocycles. The van der Waals surface area contributed by atoms with Crippen molar-refractivity contribution in [1.29, 1.82) is 0 Å². The highest BCUT2D eigenvalue weighted by molar-refractivity contribution is 5.00. The van der Waals surface area contributed by atoms with Crippen LogP contribution in [0, 0.1) is 0 Å². The van der Waals surface area contributed by atoms with Crippen LogP contribution in [0.2, 0.25) is 0 Å². The van der Waals surface area contributed by atoms with E-state index >= 15 is 0 Å². The van der Waals surface area contributed by atoms with Crippen molar-refractivity contribution in [3.8, 4) is 0 Å². The van der Waals surface area contributed by atoms with E-state index in [4.69, 9.17) is 4.52 Å². The van der Waals surface area contributed by atoms with Gasteiger partial charge in [0.05, 0.1) is 0 Å². The van der Waals surface area contributed by atoms with Crippen molar-refractivity contribution >= 4 is 0 Å². The van der Waals surface area contributed by atoms with Gasteiger partial charge in [0.1, 0.15) is 0 Å². The molecule has 2 heterocycles. The number of hydrogen-bond donors (Lipinski definition) is 1. The van der Waals surface area contributed by atoms with Gasteiger partial charge >= 0.3 is 0 Å². The van der Waals surface area contributed by atoms with Crippen molar-refractivity contribution in [2.75, 3.05) is 27.2 Å². The molecule has 0 amide bonds. The average Bonchev–Trinajstić information content (AvgIpc) is 2.87. The summed E-state index contributed by atoms with van der Waals surface area (Å²) in [6.07, 6.45) is 1.93. The van der Waals surface area contributed by atoms with Gasteiger partial charge in [-0.25, -0.2) is 0 Å². The maximum atomic E-state index is 5.27. The van der Waals surface area contributed by atoms with Crippen LogP contribution in [0.15, 0.2) is 4.52 Å². The van der Waals surface area contributed by atoms with Crippen LogP contribution < -0.4 is 5.32 Å². The molecule has 1 N–H and O–H groups in total. The van der Waals surface area contributed by atoms with Gasteiger partial charge in [-0.1, -0.05) is 5.16 Å². The van der Waals surface area contributed by atoms with Gasteiger partial charge in [0, 0.05) is 24.9 Å². The van der Waals surface area contributed by atoms with Crippen LogP contribution in [0.5, 0.6) is 0 Å². The van der Waals surface area contributed by atoms with E-state index in [1.807, 2.05) is 7.05 Å². The summed E-state index contributed by atoms with van der Waals surface area (Å²) in [5.41, 5.74) is 0. The Kier molecular flexibility index (Phi) is 3.56. The highest BCUT2D eigenvalue weighted by atomic mass is 16.5. The Bertz CT molecular complexity index is 338. The molecule has 1 aliphatic heterocycles. The van der Waals surface area contributed by atoms with Gasteiger partial charge < -0.3 is 14.7 Å². The zero-order valence-electron chi connectivity index (χ0n) is 10.2. The summed E-state index contributed by atoms with van der Waals surface area (Å²) in [5, 5.41) is 7.24. The third kappa shape index (κ3) is 2.59. The third-order valence-corrected chi connectivity index (χ3v) is 3.21. The first kappa shape index (κ1) is 11.5. The molecule has 0 aliphatic carbocycles. The number of likely N-dealkylation sites (N-methyl/N-ethyl adjacent to an activating group) is 2. The van der Waals surface area contributed by atoms with Crippen LogP contribution in [-0.2, 0) is 6.42 Å². The lowest BCUT2D eigenvalue weighted by molar-refractivity contribution is 0.356. The van der Waals surface area contributed by atoms with E-state index in [0.29, 0.717) is 12.0 Å². The van der Waals surface area contributed by atoms with E-state index in [-0.39, 0.29) is 0 Å². The van der Waals surface area contributed by atoms with E-state index in [1.54, 1.807) is 0 Å². The molecule has 1 saturated heterocycles. The first-order valence-electron chi connectivity index (χ1n) is 5.87. The smallest absolute Gasteiger partial charge is 0.228 e. The molecule has 0 spiro atoms. The predicted molar refractivity (Wildman–Crippen MR) is 61.4 cm³/mol. The van der Waals surface area contributed by atoms with Crippen LogP contribution in [0.25, 0.3) is 0 Å². The Morgan fingerprint density at radius 3 is 3.06 bits per heavy atom. The van der Waals surface area contributed by atoms with E-state index in [9.17, 15) is 0 Å². The molecule has 90 valence electrons. The summed E-state index contributed by atoms with van der Waals surface area (Å²) in [6, 6.07) is 0.375. The summed E-state index contributed by atoms with van der Waals surface area (Å²) < 4.78 is 5.27. The highest BCUT2D eigenvalue weighted by Crippen LogP contribution is 2.23. The minimum Gasteiger partial charge on any atom is -0.339 e. The van der Waals surface area contributed by atoms with Crippen molar-refractivity contribution in [2.24, 2.45) is 0 Å². The normalized spacial score (nSPS) is 23.8. The lowest BCUT2D eigenvalue weighted by Gasteiger charge is -2.06. The molecule has 16 heavy (non-hydrogen) atoms. The topological polar surface area (TPSA) is 54.2 Å². The molecule has 0 radical (unpaired) electrons. The second-order valence-corrected chi connectivity index (χ2v) is 4.69. The first-order chi connectivity index (χ1) is 7.69. The van der Waals surface area contributed by atoms with Crippen LogP contribution in [0.4, 0.5) is 0 Å². The molecular formula is C11H20N4O. The van der Waals surface area contributed by atoms with E-state index in [1.165, 1.54) is 0 Å². The molecule has 2 rings (SSSR count). The molecule has 1 aliphatic rings. The second kappa shape index (κ2) is 4.93. The summed E-state index contributed by atoms with van der Waals surface area (Å²) in [4.78, 5) is 6.77. The lowest BCUT2D eigenvalue weighted by Crippen LogP contribution is -2.23. The summed E-state index contributed by atoms with van der Waals surface area (Å²) in [7, 11) is 4.07. The summed E-state index contributed by atoms with van der Waals surface area (Å²) >= 11 is 0. The van der Waals surface area contributed by atoms with Crippen LogP contribution in [-0.4, -0.2) is 48.3 Å². The minimum absolute atomic E-state index is 0.375. The van der Waals surface area contributed by atoms with Gasteiger partial charge in [-0.15, -0.1) is 0 Å². The molecule has 2 atom stereocenters. The Labute approximate surface area is 96.2 Å². The molecule has 2 unspecified atom stereocenters. The monoisotopic (exact) mass is 224 g/mol. The second-order valence-electron chi connectivity index (χ2n) is 4.69. The van der Waals surface area contributed by atoms with E-state index in [0.717, 1.165) is 37.6 Å². The molecule has 5 heteroatoms. The van der Waals surface area contributed by atoms with E-state index in [2.05, 4.69) is 34.3 Å². The van der Waals surface area contributed by atoms with Gasteiger partial charge in [-0.05, 0) is 34.0 Å². The van der Waals surface area contributed by atoms with Gasteiger partial charge in [-0.3, -0.25) is 0 Å². The fourth-order valence-electron chi connectivity index (χ4n) is 2.03. The van der Waals surface area contributed by atoms with Crippen molar-refractivity contribution < 1.29 is 4.52 Å². The Balaban J connectivity index is 1.97. The van der Waals surface area contributed by atoms with Gasteiger partial charge in [0.25, 0.3) is 0 Å². The van der Waals surface area contributed by atoms with Crippen molar-refractivity contribution in [3.63, 3.8) is 0 Å². The van der Waals surface area contributed by atoms with Gasteiger partial charge in [-0.2, -0.15) is 4.98 Å². The fraction of sp³-hybridized carbons (Fsp3) is 0.818. The maximum Gasteiger partial charge on any atom is 0.228 e. The number of rotatable bonds is 4. The standard InChI is InChI=1S/C11H20N4O/c1-8(12-2)6-10-13-11(14-16-10)9-4-5-15(3)7-9/h8-9,12H,4-7H2,1-3H3. The predicted octanol–water partition coefficient (Wildman–Crippen LogP) is 0.639. The van der Waals surface area contributed by atoms with Crippen molar-refractivity contribution in [1.82, 2.24) is 20.4 Å². The quantitative estimate of drug-likeness (QED) is 0.813. The lowest BCUT2D eigenvalue weighted by atomic mass is 10.1. The SMILES string of the molecule is CNC(C)Cc1nc(C2CCN(C)C2)no1. The van der Waals surface area contributed by atoms with Crippen LogP contribution in [0.1, 0.15) is 31.0 Å². The Morgan fingerprint density at radius 1 is 1.62 bits per heavy atom. The first-order valence-corrected chi connectivity index (χ1v) is 5.87. The van der Waals surface area contributed by atoms with Crippen LogP contribution >= 0.6 is 0 Å². The number of aromatic nitrogens is 2. The van der Waals surface area contributed by atoms with Gasteiger partial charge in [0.2, 0.25) is 5.89 Å². The number of likely N-dealkylation sites (tertiary alicyclic amines) is 1. The average molecular weight is 224 g/mol. The van der Waals surface area contributed by atoms with Crippen LogP contribution in [0.3, 0.4) is 0 Å². The zero-order valence-corrected chi connectivity index (χ0v) is 10.2. The molecule has 1 fully saturated rings. The minimum atomic E-state index is 0.375. The number of nitrogens with one attached hydrogen (secondary N) is 1. The number of hydrogen-bond acceptors (Lipinski definition) is 5. The summed E-state index contributed by atoms with van der Waals surface area (Å²) in [6.45, 7) is 4.27. The molecule has 1 aromatic heterocycles. The molecular weight excluding hydrogens is 204 g/mol. The largest absolute Gasteiger partial charge is 0.339 e. The zero-order chi connectivity index (χ0) is 11.5. The molecule has 0 bridgehead atoms. The summed E-state index contributed by atoms with van der Waals surface area (Å²) in [5.74, 6) is 2.07. The van der Waals surface area contributed by atoms with E-state index < -0.39 is 0 Å². The third-order valence-electron chi connectivity index (χ3n) is 3.21. The molecule has 0 aromatic carbocycles. The maximum absolute atomic E-state index is 5.27. The highest BCUT2D eigenvalue weighted by Gasteiger charge is 2.25. The Hall–Kier alpha value is -0.940. The van der Waals surface area contributed by atoms with Crippen molar-refractivity contribution in [2.45, 2.75) is 31.7 Å². The van der Waals surface area contributed by atoms with Crippen molar-refractivity contribution in [3.05, 3.63) is 11.7 Å². The van der Waals surface area contributed by atoms with Gasteiger partial charge in [0.15, 0.2) is 5.82 Å². The molecule has 5 nitrogen and oxygen atoms in total. The fourth-order valence-corrected chi connectivity index (χ4v) is 2.03.